The van der Waals surface area contributed by atoms with Crippen molar-refractivity contribution in [1.29, 1.82) is 0 Å². The Hall–Kier alpha value is -1.49. The van der Waals surface area contributed by atoms with Crippen LogP contribution in [0.25, 0.3) is 0 Å². The van der Waals surface area contributed by atoms with Crippen LogP contribution in [0.2, 0.25) is 0 Å². The number of anilines is 1. The number of nitrogen functional groups attached to an aromatic ring is 1. The molecule has 92 valence electrons. The van der Waals surface area contributed by atoms with E-state index in [1.165, 1.54) is 23.9 Å². The number of benzene rings is 1. The molecular weight excluding hydrogens is 241 g/mol. The standard InChI is InChI=1S/C12H14FNO2S/c1-2-8(12(15)16)5-6-17-9-3-4-11(14)10(13)7-9/h3-5,7H,2,6,14H2,1H3,(H,15,16). The molecule has 3 nitrogen and oxygen atoms in total. The molecule has 0 spiro atoms. The lowest BCUT2D eigenvalue weighted by molar-refractivity contribution is -0.132. The van der Waals surface area contributed by atoms with Crippen LogP contribution in [0.5, 0.6) is 0 Å². The minimum absolute atomic E-state index is 0.115. The zero-order valence-corrected chi connectivity index (χ0v) is 10.3. The second-order valence-corrected chi connectivity index (χ2v) is 4.48. The smallest absolute Gasteiger partial charge is 0.331 e. The quantitative estimate of drug-likeness (QED) is 0.482. The van der Waals surface area contributed by atoms with Gasteiger partial charge in [-0.25, -0.2) is 9.18 Å². The fourth-order valence-corrected chi connectivity index (χ4v) is 2.05. The van der Waals surface area contributed by atoms with E-state index in [1.54, 1.807) is 19.1 Å². The van der Waals surface area contributed by atoms with Crippen LogP contribution >= 0.6 is 11.8 Å². The van der Waals surface area contributed by atoms with Crippen molar-refractivity contribution in [1.82, 2.24) is 0 Å². The van der Waals surface area contributed by atoms with E-state index in [-0.39, 0.29) is 5.69 Å². The number of carboxylic acid groups (broad SMARTS) is 1. The van der Waals surface area contributed by atoms with Crippen LogP contribution in [0.4, 0.5) is 10.1 Å². The average Bonchev–Trinajstić information content (AvgIpc) is 2.28. The minimum atomic E-state index is -0.906. The second-order valence-electron chi connectivity index (χ2n) is 3.38. The van der Waals surface area contributed by atoms with E-state index in [0.717, 1.165) is 4.90 Å². The first-order valence-corrected chi connectivity index (χ1v) is 6.13. The number of rotatable bonds is 5. The minimum Gasteiger partial charge on any atom is -0.478 e. The first-order chi connectivity index (χ1) is 8.04. The number of nitrogens with two attached hydrogens (primary N) is 1. The van der Waals surface area contributed by atoms with Gasteiger partial charge in [0.15, 0.2) is 0 Å². The predicted molar refractivity (Wildman–Crippen MR) is 67.5 cm³/mol. The summed E-state index contributed by atoms with van der Waals surface area (Å²) in [4.78, 5) is 11.4. The first-order valence-electron chi connectivity index (χ1n) is 5.14. The molecule has 0 saturated carbocycles. The van der Waals surface area contributed by atoms with Gasteiger partial charge in [0.1, 0.15) is 5.82 Å². The van der Waals surface area contributed by atoms with Gasteiger partial charge in [-0.15, -0.1) is 11.8 Å². The van der Waals surface area contributed by atoms with Gasteiger partial charge in [-0.3, -0.25) is 0 Å². The summed E-state index contributed by atoms with van der Waals surface area (Å²) >= 11 is 1.37. The largest absolute Gasteiger partial charge is 0.478 e. The van der Waals surface area contributed by atoms with Crippen molar-refractivity contribution in [3.8, 4) is 0 Å². The van der Waals surface area contributed by atoms with Crippen LogP contribution in [0.15, 0.2) is 34.7 Å². The Kier molecular flexibility index (Phi) is 5.03. The fraction of sp³-hybridized carbons (Fsp3) is 0.250. The van der Waals surface area contributed by atoms with Crippen molar-refractivity contribution in [3.05, 3.63) is 35.7 Å². The molecule has 0 saturated heterocycles. The lowest BCUT2D eigenvalue weighted by atomic mass is 10.2. The molecule has 0 atom stereocenters. The third-order valence-corrected chi connectivity index (χ3v) is 3.13. The van der Waals surface area contributed by atoms with E-state index in [4.69, 9.17) is 10.8 Å². The van der Waals surface area contributed by atoms with Crippen molar-refractivity contribution in [2.45, 2.75) is 18.2 Å². The highest BCUT2D eigenvalue weighted by Gasteiger charge is 2.04. The highest BCUT2D eigenvalue weighted by atomic mass is 32.2. The van der Waals surface area contributed by atoms with Crippen LogP contribution in [0.3, 0.4) is 0 Å². The second kappa shape index (κ2) is 6.30. The molecular formula is C12H14FNO2S. The molecule has 0 fully saturated rings. The van der Waals surface area contributed by atoms with Gasteiger partial charge in [0, 0.05) is 16.2 Å². The number of carboxylic acids is 1. The van der Waals surface area contributed by atoms with E-state index in [0.29, 0.717) is 17.7 Å². The average molecular weight is 255 g/mol. The lowest BCUT2D eigenvalue weighted by Gasteiger charge is -2.02. The molecule has 1 aromatic rings. The molecule has 0 radical (unpaired) electrons. The van der Waals surface area contributed by atoms with Crippen LogP contribution in [0, 0.1) is 5.82 Å². The summed E-state index contributed by atoms with van der Waals surface area (Å²) in [7, 11) is 0. The van der Waals surface area contributed by atoms with Gasteiger partial charge < -0.3 is 10.8 Å². The molecule has 1 rings (SSSR count). The number of carbonyl (C=O) groups is 1. The number of halogens is 1. The number of aliphatic carboxylic acids is 1. The molecule has 0 aliphatic heterocycles. The third-order valence-electron chi connectivity index (χ3n) is 2.21. The van der Waals surface area contributed by atoms with Crippen LogP contribution in [-0.2, 0) is 4.79 Å². The highest BCUT2D eigenvalue weighted by molar-refractivity contribution is 7.99. The van der Waals surface area contributed by atoms with Crippen LogP contribution in [-0.4, -0.2) is 16.8 Å². The van der Waals surface area contributed by atoms with Gasteiger partial charge in [-0.2, -0.15) is 0 Å². The summed E-state index contributed by atoms with van der Waals surface area (Å²) in [5, 5.41) is 8.80. The molecule has 1 aromatic carbocycles. The molecule has 0 bridgehead atoms. The van der Waals surface area contributed by atoms with Crippen molar-refractivity contribution in [2.24, 2.45) is 0 Å². The van der Waals surface area contributed by atoms with Gasteiger partial charge in [0.05, 0.1) is 5.69 Å². The van der Waals surface area contributed by atoms with E-state index in [1.807, 2.05) is 0 Å². The normalized spacial score (nSPS) is 11.5. The van der Waals surface area contributed by atoms with Gasteiger partial charge in [0.2, 0.25) is 0 Å². The Morgan fingerprint density at radius 1 is 1.59 bits per heavy atom. The molecule has 3 N–H and O–H groups in total. The Morgan fingerprint density at radius 3 is 2.82 bits per heavy atom. The maximum absolute atomic E-state index is 13.1. The van der Waals surface area contributed by atoms with Crippen LogP contribution in [0.1, 0.15) is 13.3 Å². The van der Waals surface area contributed by atoms with Gasteiger partial charge in [-0.1, -0.05) is 13.0 Å². The molecule has 0 heterocycles. The monoisotopic (exact) mass is 255 g/mol. The molecule has 0 unspecified atom stereocenters. The summed E-state index contributed by atoms with van der Waals surface area (Å²) in [6.45, 7) is 1.79. The summed E-state index contributed by atoms with van der Waals surface area (Å²) in [5.41, 5.74) is 5.84. The van der Waals surface area contributed by atoms with Gasteiger partial charge >= 0.3 is 5.97 Å². The summed E-state index contributed by atoms with van der Waals surface area (Å²) in [5.74, 6) is -0.858. The summed E-state index contributed by atoms with van der Waals surface area (Å²) < 4.78 is 13.1. The van der Waals surface area contributed by atoms with Crippen molar-refractivity contribution < 1.29 is 14.3 Å². The molecule has 0 aliphatic rings. The van der Waals surface area contributed by atoms with E-state index in [2.05, 4.69) is 0 Å². The third kappa shape index (κ3) is 4.11. The van der Waals surface area contributed by atoms with Crippen LogP contribution < -0.4 is 5.73 Å². The topological polar surface area (TPSA) is 63.3 Å². The fourth-order valence-electron chi connectivity index (χ4n) is 1.22. The molecule has 0 aromatic heterocycles. The number of thioether (sulfide) groups is 1. The Morgan fingerprint density at radius 2 is 2.29 bits per heavy atom. The van der Waals surface area contributed by atoms with Crippen molar-refractivity contribution in [3.63, 3.8) is 0 Å². The van der Waals surface area contributed by atoms with Gasteiger partial charge in [-0.05, 0) is 24.6 Å². The maximum Gasteiger partial charge on any atom is 0.331 e. The summed E-state index contributed by atoms with van der Waals surface area (Å²) in [6.07, 6.45) is 2.12. The maximum atomic E-state index is 13.1. The number of hydrogen-bond donors (Lipinski definition) is 2. The highest BCUT2D eigenvalue weighted by Crippen LogP contribution is 2.22. The Labute approximate surface area is 104 Å². The van der Waals surface area contributed by atoms with E-state index >= 15 is 0 Å². The SMILES string of the molecule is CCC(=CCSc1ccc(N)c(F)c1)C(=O)O. The Balaban J connectivity index is 2.61. The van der Waals surface area contributed by atoms with Gasteiger partial charge in [0.25, 0.3) is 0 Å². The zero-order valence-electron chi connectivity index (χ0n) is 9.44. The summed E-state index contributed by atoms with van der Waals surface area (Å²) in [6, 6.07) is 4.56. The van der Waals surface area contributed by atoms with Crippen molar-refractivity contribution >= 4 is 23.4 Å². The van der Waals surface area contributed by atoms with Crippen molar-refractivity contribution in [2.75, 3.05) is 11.5 Å². The zero-order chi connectivity index (χ0) is 12.8. The van der Waals surface area contributed by atoms with E-state index < -0.39 is 11.8 Å². The number of hydrogen-bond acceptors (Lipinski definition) is 3. The molecule has 0 amide bonds. The Bertz CT molecular complexity index is 446. The lowest BCUT2D eigenvalue weighted by Crippen LogP contribution is -1.99. The van der Waals surface area contributed by atoms with E-state index in [9.17, 15) is 9.18 Å². The first kappa shape index (κ1) is 13.6. The predicted octanol–water partition coefficient (Wildman–Crippen LogP) is 2.92. The molecule has 5 heteroatoms. The molecule has 17 heavy (non-hydrogen) atoms. The molecule has 0 aliphatic carbocycles.